The van der Waals surface area contributed by atoms with Crippen LogP contribution in [0.4, 0.5) is 4.39 Å². The summed E-state index contributed by atoms with van der Waals surface area (Å²) in [6.07, 6.45) is 3.86. The van der Waals surface area contributed by atoms with E-state index in [-0.39, 0.29) is 17.8 Å². The highest BCUT2D eigenvalue weighted by Gasteiger charge is 2.44. The fraction of sp³-hybridized carbons (Fsp3) is 0.947. The molecule has 0 N–H and O–H groups in total. The van der Waals surface area contributed by atoms with Gasteiger partial charge in [0.25, 0.3) is 0 Å². The Morgan fingerprint density at radius 3 is 2.42 bits per heavy atom. The van der Waals surface area contributed by atoms with Gasteiger partial charge in [-0.15, -0.1) is 11.6 Å². The first-order valence-electron chi connectivity index (χ1n) is 9.52. The molecule has 0 spiro atoms. The number of alkyl halides is 2. The second kappa shape index (κ2) is 8.01. The van der Waals surface area contributed by atoms with Crippen molar-refractivity contribution in [3.63, 3.8) is 0 Å². The third-order valence-electron chi connectivity index (χ3n) is 6.22. The lowest BCUT2D eigenvalue weighted by molar-refractivity contribution is -0.149. The number of rotatable bonds is 3. The lowest BCUT2D eigenvalue weighted by atomic mass is 9.76. The molecule has 8 atom stereocenters. The van der Waals surface area contributed by atoms with Gasteiger partial charge in [0, 0.05) is 12.5 Å². The minimum Gasteiger partial charge on any atom is -0.378 e. The van der Waals surface area contributed by atoms with Crippen molar-refractivity contribution in [2.75, 3.05) is 13.2 Å². The van der Waals surface area contributed by atoms with Gasteiger partial charge in [0.05, 0.1) is 24.0 Å². The molecule has 1 aliphatic carbocycles. The summed E-state index contributed by atoms with van der Waals surface area (Å²) in [7, 11) is 0. The molecule has 0 aromatic rings. The summed E-state index contributed by atoms with van der Waals surface area (Å²) in [5.41, 5.74) is 0. The average Bonchev–Trinajstić information content (AvgIpc) is 2.60. The van der Waals surface area contributed by atoms with Crippen LogP contribution in [0, 0.1) is 23.7 Å². The summed E-state index contributed by atoms with van der Waals surface area (Å²) in [6, 6.07) is 0. The van der Waals surface area contributed by atoms with Crippen molar-refractivity contribution in [2.24, 2.45) is 23.7 Å². The predicted octanol–water partition coefficient (Wildman–Crippen LogP) is 4.16. The molecule has 0 amide bonds. The van der Waals surface area contributed by atoms with Gasteiger partial charge >= 0.3 is 0 Å². The smallest absolute Gasteiger partial charge is 0.167 e. The Labute approximate surface area is 149 Å². The largest absolute Gasteiger partial charge is 0.378 e. The van der Waals surface area contributed by atoms with Crippen LogP contribution in [-0.4, -0.2) is 42.8 Å². The van der Waals surface area contributed by atoms with E-state index >= 15 is 0 Å². The molecule has 0 bridgehead atoms. The number of carbonyl (C=O) groups is 1. The molecule has 3 aliphatic rings. The van der Waals surface area contributed by atoms with E-state index < -0.39 is 23.6 Å². The number of hydrogen-bond donors (Lipinski definition) is 0. The first kappa shape index (κ1) is 18.6. The van der Waals surface area contributed by atoms with E-state index in [4.69, 9.17) is 21.1 Å². The second-order valence-corrected chi connectivity index (χ2v) is 8.67. The molecule has 0 aromatic carbocycles. The average molecular weight is 361 g/mol. The molecule has 3 rings (SSSR count). The SMILES string of the molecule is CC1CCC(C2CCC(C(=O)C3CCC(C)C(Cl)C3F)OC2)OC1. The van der Waals surface area contributed by atoms with Gasteiger partial charge in [0.15, 0.2) is 5.78 Å². The highest BCUT2D eigenvalue weighted by Crippen LogP contribution is 2.38. The van der Waals surface area contributed by atoms with Crippen molar-refractivity contribution in [2.45, 2.75) is 76.1 Å². The number of carbonyl (C=O) groups excluding carboxylic acids is 1. The van der Waals surface area contributed by atoms with Crippen LogP contribution in [0.15, 0.2) is 0 Å². The summed E-state index contributed by atoms with van der Waals surface area (Å²) in [5.74, 6) is 0.482. The number of halogens is 2. The van der Waals surface area contributed by atoms with E-state index in [1.807, 2.05) is 6.92 Å². The summed E-state index contributed by atoms with van der Waals surface area (Å²) >= 11 is 6.15. The van der Waals surface area contributed by atoms with Crippen LogP contribution < -0.4 is 0 Å². The van der Waals surface area contributed by atoms with E-state index in [0.29, 0.717) is 31.3 Å². The molecule has 2 aliphatic heterocycles. The Hall–Kier alpha value is -0.190. The van der Waals surface area contributed by atoms with Crippen LogP contribution in [0.2, 0.25) is 0 Å². The van der Waals surface area contributed by atoms with Gasteiger partial charge in [-0.05, 0) is 50.4 Å². The topological polar surface area (TPSA) is 35.5 Å². The van der Waals surface area contributed by atoms with Gasteiger partial charge in [-0.1, -0.05) is 13.8 Å². The van der Waals surface area contributed by atoms with Gasteiger partial charge in [-0.3, -0.25) is 4.79 Å². The van der Waals surface area contributed by atoms with E-state index in [0.717, 1.165) is 25.9 Å². The maximum Gasteiger partial charge on any atom is 0.167 e. The summed E-state index contributed by atoms with van der Waals surface area (Å²) < 4.78 is 26.3. The molecule has 8 unspecified atom stereocenters. The predicted molar refractivity (Wildman–Crippen MR) is 92.0 cm³/mol. The summed E-state index contributed by atoms with van der Waals surface area (Å²) in [4.78, 5) is 12.7. The van der Waals surface area contributed by atoms with Crippen molar-refractivity contribution in [3.05, 3.63) is 0 Å². The monoisotopic (exact) mass is 360 g/mol. The van der Waals surface area contributed by atoms with Crippen LogP contribution in [0.25, 0.3) is 0 Å². The van der Waals surface area contributed by atoms with Crippen molar-refractivity contribution < 1.29 is 18.7 Å². The Morgan fingerprint density at radius 1 is 1.00 bits per heavy atom. The first-order chi connectivity index (χ1) is 11.5. The van der Waals surface area contributed by atoms with E-state index in [9.17, 15) is 9.18 Å². The molecule has 24 heavy (non-hydrogen) atoms. The molecule has 2 saturated heterocycles. The second-order valence-electron chi connectivity index (χ2n) is 8.17. The number of ketones is 1. The number of Topliss-reactive ketones (excluding diaryl/α,β-unsaturated/α-hetero) is 1. The van der Waals surface area contributed by atoms with E-state index in [1.54, 1.807) is 0 Å². The van der Waals surface area contributed by atoms with Crippen molar-refractivity contribution in [1.82, 2.24) is 0 Å². The van der Waals surface area contributed by atoms with Crippen molar-refractivity contribution in [3.8, 4) is 0 Å². The number of hydrogen-bond acceptors (Lipinski definition) is 3. The molecule has 2 heterocycles. The van der Waals surface area contributed by atoms with Gasteiger partial charge in [0.2, 0.25) is 0 Å². The molecular weight excluding hydrogens is 331 g/mol. The normalized spacial score (nSPS) is 47.3. The summed E-state index contributed by atoms with van der Waals surface area (Å²) in [6.45, 7) is 5.55. The maximum atomic E-state index is 14.5. The minimum absolute atomic E-state index is 0.0725. The van der Waals surface area contributed by atoms with Gasteiger partial charge in [0.1, 0.15) is 12.3 Å². The van der Waals surface area contributed by atoms with Gasteiger partial charge in [-0.2, -0.15) is 0 Å². The highest BCUT2D eigenvalue weighted by atomic mass is 35.5. The van der Waals surface area contributed by atoms with E-state index in [2.05, 4.69) is 6.92 Å². The van der Waals surface area contributed by atoms with Gasteiger partial charge in [-0.25, -0.2) is 4.39 Å². The van der Waals surface area contributed by atoms with Crippen molar-refractivity contribution in [1.29, 1.82) is 0 Å². The van der Waals surface area contributed by atoms with Crippen LogP contribution in [-0.2, 0) is 14.3 Å². The Balaban J connectivity index is 1.50. The van der Waals surface area contributed by atoms with Crippen LogP contribution in [0.3, 0.4) is 0 Å². The van der Waals surface area contributed by atoms with Crippen LogP contribution >= 0.6 is 11.6 Å². The fourth-order valence-corrected chi connectivity index (χ4v) is 4.70. The standard InChI is InChI=1S/C19H30ClFO3/c1-11-3-7-15(23-9-11)13-5-8-16(24-10-13)19(22)14-6-4-12(2)17(20)18(14)21/h11-18H,3-10H2,1-2H3. The zero-order valence-electron chi connectivity index (χ0n) is 14.8. The molecule has 0 radical (unpaired) electrons. The molecular formula is C19H30ClFO3. The Morgan fingerprint density at radius 2 is 1.79 bits per heavy atom. The third kappa shape index (κ3) is 3.96. The quantitative estimate of drug-likeness (QED) is 0.709. The Bertz CT molecular complexity index is 430. The molecule has 3 nitrogen and oxygen atoms in total. The molecule has 138 valence electrons. The maximum absolute atomic E-state index is 14.5. The van der Waals surface area contributed by atoms with E-state index in [1.165, 1.54) is 6.42 Å². The molecule has 5 heteroatoms. The summed E-state index contributed by atoms with van der Waals surface area (Å²) in [5, 5.41) is -0.554. The molecule has 0 aromatic heterocycles. The Kier molecular flexibility index (Phi) is 6.20. The van der Waals surface area contributed by atoms with Gasteiger partial charge < -0.3 is 9.47 Å². The zero-order valence-corrected chi connectivity index (χ0v) is 15.5. The first-order valence-corrected chi connectivity index (χ1v) is 9.96. The minimum atomic E-state index is -1.24. The lowest BCUT2D eigenvalue weighted by Gasteiger charge is -2.39. The number of ether oxygens (including phenoxy) is 2. The third-order valence-corrected chi connectivity index (χ3v) is 6.89. The zero-order chi connectivity index (χ0) is 17.3. The lowest BCUT2D eigenvalue weighted by Crippen LogP contribution is -2.46. The van der Waals surface area contributed by atoms with Crippen LogP contribution in [0.1, 0.15) is 52.4 Å². The van der Waals surface area contributed by atoms with Crippen LogP contribution in [0.5, 0.6) is 0 Å². The fourth-order valence-electron chi connectivity index (χ4n) is 4.40. The molecule has 3 fully saturated rings. The molecule has 1 saturated carbocycles. The van der Waals surface area contributed by atoms with Crippen molar-refractivity contribution >= 4 is 17.4 Å². The highest BCUT2D eigenvalue weighted by molar-refractivity contribution is 6.21.